The van der Waals surface area contributed by atoms with E-state index in [2.05, 4.69) is 16.7 Å². The Kier molecular flexibility index (Phi) is 6.17. The third-order valence-corrected chi connectivity index (χ3v) is 4.75. The van der Waals surface area contributed by atoms with E-state index in [1.165, 1.54) is 17.3 Å². The summed E-state index contributed by atoms with van der Waals surface area (Å²) in [5.74, 6) is 0.807. The number of hydrogen-bond donors (Lipinski definition) is 0. The Bertz CT molecular complexity index is 877. The van der Waals surface area contributed by atoms with E-state index in [9.17, 15) is 4.79 Å². The maximum atomic E-state index is 11.7. The van der Waals surface area contributed by atoms with Crippen LogP contribution in [-0.4, -0.2) is 34.5 Å². The highest BCUT2D eigenvalue weighted by atomic mass is 32.2. The van der Waals surface area contributed by atoms with Gasteiger partial charge in [-0.3, -0.25) is 4.79 Å². The second kappa shape index (κ2) is 8.76. The number of nitrogens with zero attached hydrogens (tertiary/aromatic N) is 2. The van der Waals surface area contributed by atoms with Crippen molar-refractivity contribution in [2.75, 3.05) is 19.0 Å². The van der Waals surface area contributed by atoms with Crippen molar-refractivity contribution in [3.63, 3.8) is 0 Å². The quantitative estimate of drug-likeness (QED) is 0.441. The average Bonchev–Trinajstić information content (AvgIpc) is 2.98. The molecule has 3 aromatic rings. The Balaban J connectivity index is 1.94. The molecule has 0 aliphatic rings. The Morgan fingerprint density at radius 2 is 1.92 bits per heavy atom. The number of fused-ring (bicyclic) bond motifs is 1. The Hall–Kier alpha value is -2.47. The molecule has 3 rings (SSSR count). The zero-order chi connectivity index (χ0) is 18.4. The van der Waals surface area contributed by atoms with Gasteiger partial charge in [0.25, 0.3) is 0 Å². The summed E-state index contributed by atoms with van der Waals surface area (Å²) in [5, 5.41) is 0.797. The fourth-order valence-electron chi connectivity index (χ4n) is 2.70. The summed E-state index contributed by atoms with van der Waals surface area (Å²) in [5.41, 5.74) is 3.06. The molecule has 2 aromatic carbocycles. The van der Waals surface area contributed by atoms with E-state index in [4.69, 9.17) is 14.5 Å². The number of aromatic nitrogens is 2. The lowest BCUT2D eigenvalue weighted by atomic mass is 10.2. The van der Waals surface area contributed by atoms with Gasteiger partial charge in [0.05, 0.1) is 36.5 Å². The molecule has 0 radical (unpaired) electrons. The summed E-state index contributed by atoms with van der Waals surface area (Å²) in [6.07, 6.45) is 0. The van der Waals surface area contributed by atoms with Crippen LogP contribution in [-0.2, 0) is 16.1 Å². The van der Waals surface area contributed by atoms with Crippen LogP contribution in [0.3, 0.4) is 0 Å². The lowest BCUT2D eigenvalue weighted by Crippen LogP contribution is -2.08. The van der Waals surface area contributed by atoms with Crippen LogP contribution in [0.4, 0.5) is 0 Å². The van der Waals surface area contributed by atoms with Crippen molar-refractivity contribution in [2.24, 2.45) is 0 Å². The highest BCUT2D eigenvalue weighted by Gasteiger charge is 2.14. The predicted octanol–water partition coefficient (Wildman–Crippen LogP) is 4.14. The molecule has 0 aliphatic carbocycles. The predicted molar refractivity (Wildman–Crippen MR) is 104 cm³/mol. The standard InChI is InChI=1S/C20H22N2O3S/c1-3-24-16-10-11-18-17(12-16)21-20(26-14-19(23)25-4-2)22(18)13-15-8-6-5-7-9-15/h5-12H,3-4,13-14H2,1-2H3. The van der Waals surface area contributed by atoms with Crippen molar-refractivity contribution < 1.29 is 14.3 Å². The van der Waals surface area contributed by atoms with E-state index >= 15 is 0 Å². The van der Waals surface area contributed by atoms with Crippen molar-refractivity contribution >= 4 is 28.8 Å². The zero-order valence-corrected chi connectivity index (χ0v) is 15.8. The van der Waals surface area contributed by atoms with Crippen molar-refractivity contribution in [3.05, 3.63) is 54.1 Å². The van der Waals surface area contributed by atoms with Crippen LogP contribution < -0.4 is 4.74 Å². The minimum Gasteiger partial charge on any atom is -0.494 e. The van der Waals surface area contributed by atoms with Gasteiger partial charge in [0.1, 0.15) is 5.75 Å². The van der Waals surface area contributed by atoms with Crippen LogP contribution in [0.15, 0.2) is 53.7 Å². The number of rotatable bonds is 8. The second-order valence-electron chi connectivity index (χ2n) is 5.64. The van der Waals surface area contributed by atoms with Gasteiger partial charge >= 0.3 is 5.97 Å². The number of thioether (sulfide) groups is 1. The largest absolute Gasteiger partial charge is 0.494 e. The summed E-state index contributed by atoms with van der Waals surface area (Å²) in [7, 11) is 0. The first-order chi connectivity index (χ1) is 12.7. The summed E-state index contributed by atoms with van der Waals surface area (Å²) in [6, 6.07) is 16.1. The van der Waals surface area contributed by atoms with Crippen LogP contribution in [0.1, 0.15) is 19.4 Å². The first-order valence-corrected chi connectivity index (χ1v) is 9.65. The maximum Gasteiger partial charge on any atom is 0.316 e. The molecule has 0 amide bonds. The molecule has 1 aromatic heterocycles. The van der Waals surface area contributed by atoms with Crippen LogP contribution in [0, 0.1) is 0 Å². The SMILES string of the molecule is CCOC(=O)CSc1nc2cc(OCC)ccc2n1Cc1ccccc1. The third kappa shape index (κ3) is 4.38. The van der Waals surface area contributed by atoms with Crippen LogP contribution in [0.2, 0.25) is 0 Å². The summed E-state index contributed by atoms with van der Waals surface area (Å²) in [4.78, 5) is 16.5. The molecule has 0 unspecified atom stereocenters. The third-order valence-electron chi connectivity index (χ3n) is 3.80. The fourth-order valence-corrected chi connectivity index (χ4v) is 3.51. The average molecular weight is 370 g/mol. The lowest BCUT2D eigenvalue weighted by molar-refractivity contribution is -0.139. The number of imidazole rings is 1. The molecule has 136 valence electrons. The van der Waals surface area contributed by atoms with Gasteiger partial charge in [-0.05, 0) is 31.5 Å². The number of benzene rings is 2. The van der Waals surface area contributed by atoms with Crippen molar-refractivity contribution in [2.45, 2.75) is 25.5 Å². The van der Waals surface area contributed by atoms with E-state index in [-0.39, 0.29) is 11.7 Å². The molecule has 1 heterocycles. The van der Waals surface area contributed by atoms with Crippen molar-refractivity contribution in [1.82, 2.24) is 9.55 Å². The van der Waals surface area contributed by atoms with Gasteiger partial charge in [0.2, 0.25) is 0 Å². The van der Waals surface area contributed by atoms with Gasteiger partial charge < -0.3 is 14.0 Å². The molecule has 0 fully saturated rings. The highest BCUT2D eigenvalue weighted by molar-refractivity contribution is 7.99. The van der Waals surface area contributed by atoms with Gasteiger partial charge in [0.15, 0.2) is 5.16 Å². The van der Waals surface area contributed by atoms with E-state index in [0.29, 0.717) is 19.8 Å². The smallest absolute Gasteiger partial charge is 0.316 e. The molecule has 0 saturated heterocycles. The van der Waals surface area contributed by atoms with E-state index in [1.54, 1.807) is 0 Å². The van der Waals surface area contributed by atoms with Crippen LogP contribution in [0.25, 0.3) is 11.0 Å². The van der Waals surface area contributed by atoms with Crippen molar-refractivity contribution in [3.8, 4) is 5.75 Å². The van der Waals surface area contributed by atoms with Crippen LogP contribution in [0.5, 0.6) is 5.75 Å². The summed E-state index contributed by atoms with van der Waals surface area (Å²) in [6.45, 7) is 5.45. The molecule has 0 bridgehead atoms. The molecule has 0 spiro atoms. The van der Waals surface area contributed by atoms with Gasteiger partial charge in [-0.15, -0.1) is 0 Å². The van der Waals surface area contributed by atoms with Crippen molar-refractivity contribution in [1.29, 1.82) is 0 Å². The molecular formula is C20H22N2O3S. The lowest BCUT2D eigenvalue weighted by Gasteiger charge is -2.09. The van der Waals surface area contributed by atoms with Gasteiger partial charge in [-0.25, -0.2) is 4.98 Å². The number of esters is 1. The van der Waals surface area contributed by atoms with E-state index in [1.807, 2.05) is 50.2 Å². The first kappa shape index (κ1) is 18.3. The number of hydrogen-bond acceptors (Lipinski definition) is 5. The zero-order valence-electron chi connectivity index (χ0n) is 15.0. The summed E-state index contributed by atoms with van der Waals surface area (Å²) >= 11 is 1.40. The van der Waals surface area contributed by atoms with Gasteiger partial charge in [0, 0.05) is 6.07 Å². The van der Waals surface area contributed by atoms with Gasteiger partial charge in [-0.2, -0.15) is 0 Å². The number of ether oxygens (including phenoxy) is 2. The monoisotopic (exact) mass is 370 g/mol. The molecule has 5 nitrogen and oxygen atoms in total. The minimum atomic E-state index is -0.231. The Morgan fingerprint density at radius 1 is 1.12 bits per heavy atom. The second-order valence-corrected chi connectivity index (χ2v) is 6.59. The topological polar surface area (TPSA) is 53.4 Å². The highest BCUT2D eigenvalue weighted by Crippen LogP contribution is 2.28. The van der Waals surface area contributed by atoms with E-state index < -0.39 is 0 Å². The molecule has 0 saturated carbocycles. The number of carbonyl (C=O) groups is 1. The Morgan fingerprint density at radius 3 is 2.65 bits per heavy atom. The fraction of sp³-hybridized carbons (Fsp3) is 0.300. The molecule has 0 atom stereocenters. The maximum absolute atomic E-state index is 11.7. The minimum absolute atomic E-state index is 0.231. The molecule has 26 heavy (non-hydrogen) atoms. The summed E-state index contributed by atoms with van der Waals surface area (Å²) < 4.78 is 12.7. The molecule has 6 heteroatoms. The van der Waals surface area contributed by atoms with E-state index in [0.717, 1.165) is 21.9 Å². The molecular weight excluding hydrogens is 348 g/mol. The molecule has 0 N–H and O–H groups in total. The van der Waals surface area contributed by atoms with Gasteiger partial charge in [-0.1, -0.05) is 42.1 Å². The molecule has 0 aliphatic heterocycles. The normalized spacial score (nSPS) is 10.8. The Labute approximate surface area is 157 Å². The number of carbonyl (C=O) groups excluding carboxylic acids is 1. The first-order valence-electron chi connectivity index (χ1n) is 8.66. The van der Waals surface area contributed by atoms with Crippen LogP contribution >= 0.6 is 11.8 Å².